The number of amidine groups is 1. The Hall–Kier alpha value is -2.94. The predicted octanol–water partition coefficient (Wildman–Crippen LogP) is 2.64. The summed E-state index contributed by atoms with van der Waals surface area (Å²) in [5.41, 5.74) is 1.24. The Balaban J connectivity index is 1.76. The van der Waals surface area contributed by atoms with Crippen molar-refractivity contribution >= 4 is 21.8 Å². The molecule has 8 nitrogen and oxygen atoms in total. The normalized spacial score (nSPS) is 16.6. The summed E-state index contributed by atoms with van der Waals surface area (Å²) in [6.07, 6.45) is 3.59. The molecule has 3 rings (SSSR count). The first-order chi connectivity index (χ1) is 14.8. The highest BCUT2D eigenvalue weighted by Gasteiger charge is 2.32. The van der Waals surface area contributed by atoms with Gasteiger partial charge in [-0.15, -0.1) is 0 Å². The maximum Gasteiger partial charge on any atom is 0.263 e. The summed E-state index contributed by atoms with van der Waals surface area (Å²) >= 11 is 0. The van der Waals surface area contributed by atoms with Gasteiger partial charge in [0.25, 0.3) is 10.0 Å². The molecule has 2 aromatic rings. The number of hydrogen-bond donors (Lipinski definition) is 2. The topological polar surface area (TPSA) is 110 Å². The zero-order valence-electron chi connectivity index (χ0n) is 18.0. The molecule has 166 valence electrons. The number of aliphatic imine (C=N–C) groups is 1. The van der Waals surface area contributed by atoms with E-state index >= 15 is 0 Å². The van der Waals surface area contributed by atoms with Crippen LogP contribution in [0, 0.1) is 5.92 Å². The fourth-order valence-corrected chi connectivity index (χ4v) is 4.41. The van der Waals surface area contributed by atoms with E-state index in [9.17, 15) is 13.2 Å². The average Bonchev–Trinajstić information content (AvgIpc) is 3.01. The first kappa shape index (κ1) is 22.7. The number of ether oxygens (including phenoxy) is 1. The lowest BCUT2D eigenvalue weighted by Crippen LogP contribution is -2.38. The Kier molecular flexibility index (Phi) is 7.27. The van der Waals surface area contributed by atoms with Crippen LogP contribution in [0.5, 0.6) is 5.88 Å². The summed E-state index contributed by atoms with van der Waals surface area (Å²) in [6.45, 7) is 6.63. The van der Waals surface area contributed by atoms with Crippen molar-refractivity contribution in [3.05, 3.63) is 53.7 Å². The SMILES string of the molecule is CCCCOc1ncccc1CNC(=O)[C@@H](N=C1NS(=O)(=O)c2ccccc21)C(C)C. The van der Waals surface area contributed by atoms with Gasteiger partial charge in [0.05, 0.1) is 11.5 Å². The Morgan fingerprint density at radius 2 is 2.00 bits per heavy atom. The number of unbranched alkanes of at least 4 members (excludes halogenated alkanes) is 1. The van der Waals surface area contributed by atoms with E-state index in [0.29, 0.717) is 18.1 Å². The second kappa shape index (κ2) is 9.91. The molecule has 0 radical (unpaired) electrons. The molecular formula is C22H28N4O4S. The van der Waals surface area contributed by atoms with Gasteiger partial charge in [0.15, 0.2) is 0 Å². The average molecular weight is 445 g/mol. The molecule has 0 fully saturated rings. The Morgan fingerprint density at radius 3 is 2.74 bits per heavy atom. The molecule has 0 aliphatic carbocycles. The fourth-order valence-electron chi connectivity index (χ4n) is 3.17. The highest BCUT2D eigenvalue weighted by atomic mass is 32.2. The molecule has 31 heavy (non-hydrogen) atoms. The summed E-state index contributed by atoms with van der Waals surface area (Å²) in [5, 5.41) is 2.89. The number of nitrogens with one attached hydrogen (secondary N) is 2. The number of hydrogen-bond acceptors (Lipinski definition) is 6. The molecule has 1 aliphatic rings. The first-order valence-corrected chi connectivity index (χ1v) is 11.9. The van der Waals surface area contributed by atoms with Gasteiger partial charge in [0, 0.05) is 23.9 Å². The monoisotopic (exact) mass is 444 g/mol. The first-order valence-electron chi connectivity index (χ1n) is 10.4. The number of amides is 1. The molecule has 1 aromatic carbocycles. The van der Waals surface area contributed by atoms with E-state index in [4.69, 9.17) is 4.74 Å². The molecular weight excluding hydrogens is 416 g/mol. The van der Waals surface area contributed by atoms with Gasteiger partial charge in [-0.2, -0.15) is 0 Å². The van der Waals surface area contributed by atoms with E-state index in [-0.39, 0.29) is 29.1 Å². The third kappa shape index (κ3) is 5.41. The van der Waals surface area contributed by atoms with Crippen molar-refractivity contribution in [3.63, 3.8) is 0 Å². The second-order valence-electron chi connectivity index (χ2n) is 7.66. The van der Waals surface area contributed by atoms with Gasteiger partial charge in [-0.25, -0.2) is 13.4 Å². The lowest BCUT2D eigenvalue weighted by molar-refractivity contribution is -0.123. The number of sulfonamides is 1. The van der Waals surface area contributed by atoms with Crippen molar-refractivity contribution in [2.24, 2.45) is 10.9 Å². The van der Waals surface area contributed by atoms with Gasteiger partial charge < -0.3 is 10.1 Å². The molecule has 1 amide bonds. The minimum Gasteiger partial charge on any atom is -0.477 e. The number of carbonyl (C=O) groups is 1. The zero-order valence-corrected chi connectivity index (χ0v) is 18.8. The van der Waals surface area contributed by atoms with E-state index < -0.39 is 16.1 Å². The second-order valence-corrected chi connectivity index (χ2v) is 9.31. The molecule has 1 atom stereocenters. The number of rotatable bonds is 9. The van der Waals surface area contributed by atoms with E-state index in [2.05, 4.69) is 26.9 Å². The highest BCUT2D eigenvalue weighted by Crippen LogP contribution is 2.23. The molecule has 0 spiro atoms. The van der Waals surface area contributed by atoms with Crippen LogP contribution in [-0.2, 0) is 21.4 Å². The van der Waals surface area contributed by atoms with Gasteiger partial charge in [-0.05, 0) is 30.5 Å². The Morgan fingerprint density at radius 1 is 1.23 bits per heavy atom. The number of fused-ring (bicyclic) bond motifs is 1. The van der Waals surface area contributed by atoms with Crippen molar-refractivity contribution in [1.29, 1.82) is 0 Å². The highest BCUT2D eigenvalue weighted by molar-refractivity contribution is 7.90. The molecule has 1 aliphatic heterocycles. The lowest BCUT2D eigenvalue weighted by atomic mass is 10.0. The van der Waals surface area contributed by atoms with E-state index in [0.717, 1.165) is 18.4 Å². The number of nitrogens with zero attached hydrogens (tertiary/aromatic N) is 2. The predicted molar refractivity (Wildman–Crippen MR) is 118 cm³/mol. The standard InChI is InChI=1S/C22H28N4O4S/c1-4-5-13-30-22-16(9-8-12-23-22)14-24-21(27)19(15(2)3)25-20-17-10-6-7-11-18(17)31(28,29)26-20/h6-12,15,19H,4-5,13-14H2,1-3H3,(H,24,27)(H,25,26)/t19-/m0/s1. The molecule has 0 saturated heterocycles. The van der Waals surface area contributed by atoms with Crippen LogP contribution in [0.25, 0.3) is 0 Å². The van der Waals surface area contributed by atoms with Gasteiger partial charge in [0.2, 0.25) is 11.8 Å². The van der Waals surface area contributed by atoms with E-state index in [1.807, 2.05) is 19.9 Å². The summed E-state index contributed by atoms with van der Waals surface area (Å²) in [6, 6.07) is 9.48. The molecule has 2 N–H and O–H groups in total. The third-order valence-corrected chi connectivity index (χ3v) is 6.27. The Labute approximate surface area is 183 Å². The van der Waals surface area contributed by atoms with E-state index in [1.165, 1.54) is 6.07 Å². The summed E-state index contributed by atoms with van der Waals surface area (Å²) in [4.78, 5) is 21.8. The molecule has 2 heterocycles. The molecule has 0 bridgehead atoms. The smallest absolute Gasteiger partial charge is 0.263 e. The lowest BCUT2D eigenvalue weighted by Gasteiger charge is -2.18. The van der Waals surface area contributed by atoms with Crippen LogP contribution < -0.4 is 14.8 Å². The fraction of sp³-hybridized carbons (Fsp3) is 0.409. The number of aromatic nitrogens is 1. The van der Waals surface area contributed by atoms with Crippen molar-refractivity contribution in [2.45, 2.75) is 51.1 Å². The summed E-state index contributed by atoms with van der Waals surface area (Å²) in [7, 11) is -3.66. The van der Waals surface area contributed by atoms with Crippen LogP contribution in [-0.4, -0.2) is 37.8 Å². The molecule has 0 saturated carbocycles. The maximum atomic E-state index is 12.9. The third-order valence-electron chi connectivity index (χ3n) is 4.87. The largest absolute Gasteiger partial charge is 0.477 e. The van der Waals surface area contributed by atoms with Crippen molar-refractivity contribution in [1.82, 2.24) is 15.0 Å². The van der Waals surface area contributed by atoms with Crippen LogP contribution in [0.3, 0.4) is 0 Å². The van der Waals surface area contributed by atoms with Crippen molar-refractivity contribution in [3.8, 4) is 5.88 Å². The van der Waals surface area contributed by atoms with Gasteiger partial charge in [0.1, 0.15) is 11.9 Å². The maximum absolute atomic E-state index is 12.9. The molecule has 0 unspecified atom stereocenters. The number of benzene rings is 1. The quantitative estimate of drug-likeness (QED) is 0.578. The van der Waals surface area contributed by atoms with Crippen LogP contribution >= 0.6 is 0 Å². The number of pyridine rings is 1. The number of carbonyl (C=O) groups excluding carboxylic acids is 1. The van der Waals surface area contributed by atoms with Crippen LogP contribution in [0.2, 0.25) is 0 Å². The summed E-state index contributed by atoms with van der Waals surface area (Å²) < 4.78 is 32.8. The van der Waals surface area contributed by atoms with Gasteiger partial charge in [-0.1, -0.05) is 45.4 Å². The van der Waals surface area contributed by atoms with Gasteiger partial charge in [-0.3, -0.25) is 14.5 Å². The minimum absolute atomic E-state index is 0.140. The van der Waals surface area contributed by atoms with Gasteiger partial charge >= 0.3 is 0 Å². The minimum atomic E-state index is -3.66. The van der Waals surface area contributed by atoms with E-state index in [1.54, 1.807) is 30.5 Å². The molecule has 1 aromatic heterocycles. The zero-order chi connectivity index (χ0) is 22.4. The van der Waals surface area contributed by atoms with Crippen LogP contribution in [0.4, 0.5) is 0 Å². The Bertz CT molecular complexity index is 1070. The van der Waals surface area contributed by atoms with Crippen LogP contribution in [0.1, 0.15) is 44.7 Å². The summed E-state index contributed by atoms with van der Waals surface area (Å²) in [5.74, 6) is 0.254. The van der Waals surface area contributed by atoms with Crippen LogP contribution in [0.15, 0.2) is 52.5 Å². The van der Waals surface area contributed by atoms with Crippen molar-refractivity contribution < 1.29 is 17.9 Å². The molecule has 9 heteroatoms. The van der Waals surface area contributed by atoms with Crippen molar-refractivity contribution in [2.75, 3.05) is 6.61 Å².